The van der Waals surface area contributed by atoms with Gasteiger partial charge < -0.3 is 36.8 Å². The van der Waals surface area contributed by atoms with E-state index in [1.165, 1.54) is 26.2 Å². The van der Waals surface area contributed by atoms with Crippen LogP contribution in [-0.4, -0.2) is 101 Å². The van der Waals surface area contributed by atoms with E-state index in [1.807, 2.05) is 12.1 Å². The summed E-state index contributed by atoms with van der Waals surface area (Å²) < 4.78 is 44.3. The van der Waals surface area contributed by atoms with Gasteiger partial charge in [-0.25, -0.2) is 14.3 Å². The summed E-state index contributed by atoms with van der Waals surface area (Å²) >= 11 is 0.975. The van der Waals surface area contributed by atoms with E-state index >= 15 is 0 Å². The number of carboxylic acids is 1. The van der Waals surface area contributed by atoms with Gasteiger partial charge in [0.15, 0.2) is 16.9 Å². The number of hydroxylamine groups is 2. The molecule has 0 saturated carbocycles. The monoisotopic (exact) mass is 802 g/mol. The normalized spacial score (nSPS) is 20.6. The number of hydrogen-bond acceptors (Lipinski definition) is 15. The summed E-state index contributed by atoms with van der Waals surface area (Å²) in [6.45, 7) is 8.19. The van der Waals surface area contributed by atoms with Gasteiger partial charge in [0, 0.05) is 36.0 Å². The number of anilines is 2. The summed E-state index contributed by atoms with van der Waals surface area (Å²) in [7, 11) is -5.03. The van der Waals surface area contributed by atoms with Crippen molar-refractivity contribution in [3.63, 3.8) is 0 Å². The Morgan fingerprint density at radius 2 is 2.00 bits per heavy atom. The number of carbonyl (C=O) groups excluding carboxylic acids is 2. The third kappa shape index (κ3) is 8.50. The molecule has 5 heterocycles. The molecule has 1 aromatic carbocycles. The van der Waals surface area contributed by atoms with E-state index in [4.69, 9.17) is 25.6 Å². The van der Waals surface area contributed by atoms with Crippen LogP contribution in [0.1, 0.15) is 44.9 Å². The van der Waals surface area contributed by atoms with Gasteiger partial charge >= 0.3 is 16.4 Å². The summed E-state index contributed by atoms with van der Waals surface area (Å²) in [5, 5.41) is 25.4. The zero-order valence-electron chi connectivity index (χ0n) is 30.4. The van der Waals surface area contributed by atoms with Gasteiger partial charge in [-0.05, 0) is 75.9 Å². The number of aryl methyl sites for hydroxylation is 1. The molecule has 9 N–H and O–H groups in total. The van der Waals surface area contributed by atoms with Gasteiger partial charge in [0.1, 0.15) is 17.5 Å². The number of nitrogen functional groups attached to an aromatic ring is 1. The predicted molar refractivity (Wildman–Crippen MR) is 199 cm³/mol. The highest BCUT2D eigenvalue weighted by Crippen LogP contribution is 2.37. The molecule has 2 aromatic heterocycles. The van der Waals surface area contributed by atoms with E-state index in [2.05, 4.69) is 53.3 Å². The van der Waals surface area contributed by atoms with Crippen LogP contribution in [0.5, 0.6) is 5.75 Å². The first-order valence-electron chi connectivity index (χ1n) is 17.5. The summed E-state index contributed by atoms with van der Waals surface area (Å²) in [6.07, 6.45) is 2.61. The number of nitrogens with one attached hydrogen (secondary N) is 3. The number of aromatic nitrogens is 2. The fraction of sp³-hybridized carbons (Fsp3) is 0.471. The number of hydrogen-bond donors (Lipinski definition) is 7. The number of nitrogens with zero attached hydrogens (tertiary/aromatic N) is 4. The highest BCUT2D eigenvalue weighted by atomic mass is 32.3. The van der Waals surface area contributed by atoms with Gasteiger partial charge in [-0.15, -0.1) is 15.6 Å². The molecule has 55 heavy (non-hydrogen) atoms. The molecule has 0 bridgehead atoms. The van der Waals surface area contributed by atoms with E-state index in [0.717, 1.165) is 66.4 Å². The molecule has 19 nitrogen and oxygen atoms in total. The van der Waals surface area contributed by atoms with Crippen LogP contribution in [0.25, 0.3) is 11.1 Å². The number of β-lactam (4-membered cyclic amide) rings is 1. The Morgan fingerprint density at radius 3 is 2.62 bits per heavy atom. The molecule has 296 valence electrons. The molecular formula is C34H44N9O10S2+. The molecule has 6 rings (SSSR count). The lowest BCUT2D eigenvalue weighted by Crippen LogP contribution is -2.76. The molecule has 0 spiro atoms. The fourth-order valence-corrected chi connectivity index (χ4v) is 7.46. The van der Waals surface area contributed by atoms with Crippen molar-refractivity contribution >= 4 is 56.2 Å². The number of benzene rings is 1. The molecule has 2 amide bonds. The summed E-state index contributed by atoms with van der Waals surface area (Å²) in [5.74, 6) is -1.40. The number of rotatable bonds is 16. The molecular weight excluding hydrogens is 759 g/mol. The first-order valence-corrected chi connectivity index (χ1v) is 19.8. The average Bonchev–Trinajstić information content (AvgIpc) is 3.55. The fourth-order valence-electron chi connectivity index (χ4n) is 6.45. The van der Waals surface area contributed by atoms with Crippen molar-refractivity contribution in [2.24, 2.45) is 16.8 Å². The lowest BCUT2D eigenvalue weighted by Gasteiger charge is -2.50. The summed E-state index contributed by atoms with van der Waals surface area (Å²) in [5.41, 5.74) is 10.2. The van der Waals surface area contributed by atoms with Crippen LogP contribution in [0, 0.1) is 5.92 Å². The third-order valence-electron chi connectivity index (χ3n) is 9.84. The smallest absolute Gasteiger partial charge is 0.418 e. The zero-order chi connectivity index (χ0) is 39.7. The lowest BCUT2D eigenvalue weighted by molar-refractivity contribution is -0.690. The maximum absolute atomic E-state index is 13.6. The first kappa shape index (κ1) is 39.8. The van der Waals surface area contributed by atoms with Crippen LogP contribution >= 0.6 is 11.3 Å². The lowest BCUT2D eigenvalue weighted by atomic mass is 9.84. The van der Waals surface area contributed by atoms with Gasteiger partial charge in [-0.2, -0.15) is 13.5 Å². The van der Waals surface area contributed by atoms with Gasteiger partial charge in [-0.3, -0.25) is 19.5 Å². The number of ether oxygens (including phenoxy) is 1. The van der Waals surface area contributed by atoms with Crippen molar-refractivity contribution in [3.05, 3.63) is 53.2 Å². The second-order valence-electron chi connectivity index (χ2n) is 14.2. The summed E-state index contributed by atoms with van der Waals surface area (Å²) in [4.78, 5) is 48.8. The maximum atomic E-state index is 13.6. The van der Waals surface area contributed by atoms with Crippen molar-refractivity contribution in [2.75, 3.05) is 37.2 Å². The van der Waals surface area contributed by atoms with Crippen LogP contribution in [0.2, 0.25) is 0 Å². The Morgan fingerprint density at radius 1 is 1.25 bits per heavy atom. The predicted octanol–water partition coefficient (Wildman–Crippen LogP) is 0.458. The van der Waals surface area contributed by atoms with E-state index in [9.17, 15) is 27.9 Å². The molecule has 3 aromatic rings. The quantitative estimate of drug-likeness (QED) is 0.0259. The number of amides is 2. The largest absolute Gasteiger partial charge is 0.485 e. The number of carboxylic acid groups (broad SMARTS) is 1. The number of pyridine rings is 1. The van der Waals surface area contributed by atoms with Crippen molar-refractivity contribution in [3.8, 4) is 16.9 Å². The number of thiazole rings is 1. The van der Waals surface area contributed by atoms with E-state index in [-0.39, 0.29) is 17.2 Å². The number of aliphatic carboxylic acids is 1. The van der Waals surface area contributed by atoms with Crippen molar-refractivity contribution in [1.29, 1.82) is 0 Å². The number of oxime groups is 1. The van der Waals surface area contributed by atoms with Crippen LogP contribution in [0.4, 0.5) is 10.9 Å². The van der Waals surface area contributed by atoms with Crippen molar-refractivity contribution in [1.82, 2.24) is 20.7 Å². The minimum absolute atomic E-state index is 0.0662. The topological polar surface area (TPSA) is 274 Å². The highest BCUT2D eigenvalue weighted by Gasteiger charge is 2.58. The van der Waals surface area contributed by atoms with Crippen LogP contribution in [-0.2, 0) is 46.9 Å². The summed E-state index contributed by atoms with van der Waals surface area (Å²) in [6, 6.07) is 8.50. The molecule has 1 unspecified atom stereocenters. The number of nitrogens with two attached hydrogens (primary N) is 2. The Balaban J connectivity index is 1.20. The Labute approximate surface area is 320 Å². The Hall–Kier alpha value is -4.93. The molecule has 3 atom stereocenters. The minimum atomic E-state index is -5.03. The number of carbonyl (C=O) groups is 3. The molecule has 0 radical (unpaired) electrons. The second kappa shape index (κ2) is 15.7. The third-order valence-corrected chi connectivity index (χ3v) is 10.8. The number of fused-ring (bicyclic) bond motifs is 1. The van der Waals surface area contributed by atoms with Crippen LogP contribution < -0.4 is 36.7 Å². The molecule has 2 saturated heterocycles. The first-order chi connectivity index (χ1) is 26.0. The van der Waals surface area contributed by atoms with Gasteiger partial charge in [0.05, 0.1) is 24.8 Å². The van der Waals surface area contributed by atoms with Gasteiger partial charge in [0.2, 0.25) is 0 Å². The average molecular weight is 803 g/mol. The van der Waals surface area contributed by atoms with Crippen molar-refractivity contribution < 1.29 is 50.9 Å². The Bertz CT molecular complexity index is 2110. The molecule has 3 aliphatic heterocycles. The van der Waals surface area contributed by atoms with E-state index < -0.39 is 57.2 Å². The molecule has 2 fully saturated rings. The molecule has 3 aliphatic rings. The van der Waals surface area contributed by atoms with Crippen molar-refractivity contribution in [2.45, 2.75) is 69.9 Å². The van der Waals surface area contributed by atoms with Gasteiger partial charge in [0.25, 0.3) is 23.2 Å². The molecule has 0 aliphatic carbocycles. The second-order valence-corrected chi connectivity index (χ2v) is 16.1. The van der Waals surface area contributed by atoms with E-state index in [1.54, 1.807) is 6.07 Å². The standard InChI is InChI=1S/C34H43N9O10S2/c1-33(2)28(30(45)43(33)53-55(48,49)50)40-29(44)27(23-18-54-32(36)39-23)41-52-34(3,31(46)47)25-9-6-21-13-20(5-8-24(21)51-25)22-7-10-26(38-12-4-11-35)42(17-22)16-19-14-37-15-19/h5,7-8,10,13,17-19,25,28,37H,4,6,9,11-12,14-16,35H2,1-3H3,(H5,36,39,40,44,46,47,48,49,50)/p+1/b41-27-/t25-,28-,34?/m1/s1. The van der Waals surface area contributed by atoms with Crippen LogP contribution in [0.15, 0.2) is 47.1 Å². The Kier molecular flexibility index (Phi) is 11.3. The van der Waals surface area contributed by atoms with Crippen LogP contribution in [0.3, 0.4) is 0 Å². The molecule has 21 heteroatoms. The minimum Gasteiger partial charge on any atom is -0.485 e. The zero-order valence-corrected chi connectivity index (χ0v) is 32.0. The maximum Gasteiger partial charge on any atom is 0.418 e. The SMILES string of the molecule is CC(O/N=C(\C(=O)N[C@@H]1C(=O)N(OS(=O)(=O)O)C1(C)C)c1csc(N)n1)(C(=O)O)[C@H]1CCc2cc(-c3ccc(NCCCN)[n+](CC4CNC4)c3)ccc2O1. The van der Waals surface area contributed by atoms with Gasteiger partial charge in [-0.1, -0.05) is 11.2 Å². The van der Waals surface area contributed by atoms with E-state index in [0.29, 0.717) is 29.7 Å². The highest BCUT2D eigenvalue weighted by molar-refractivity contribution is 7.80.